The lowest BCUT2D eigenvalue weighted by atomic mass is 10.2. The van der Waals surface area contributed by atoms with Crippen molar-refractivity contribution >= 4 is 11.6 Å². The summed E-state index contributed by atoms with van der Waals surface area (Å²) in [5, 5.41) is 17.0. The summed E-state index contributed by atoms with van der Waals surface area (Å²) < 4.78 is 15.7. The largest absolute Gasteiger partial charge is 0.493 e. The highest BCUT2D eigenvalue weighted by Crippen LogP contribution is 2.38. The van der Waals surface area contributed by atoms with Crippen molar-refractivity contribution in [3.63, 3.8) is 0 Å². The van der Waals surface area contributed by atoms with Crippen molar-refractivity contribution in [1.82, 2.24) is 15.5 Å². The molecule has 0 aliphatic carbocycles. The highest BCUT2D eigenvalue weighted by molar-refractivity contribution is 6.32. The summed E-state index contributed by atoms with van der Waals surface area (Å²) in [6, 6.07) is 3.29. The molecule has 2 atom stereocenters. The number of benzene rings is 1. The fraction of sp³-hybridized carbons (Fsp3) is 0.429. The number of halogens is 1. The van der Waals surface area contributed by atoms with Gasteiger partial charge in [0.05, 0.1) is 31.4 Å². The number of ether oxygens (including phenoxy) is 2. The molecule has 2 aromatic rings. The Morgan fingerprint density at radius 2 is 2.18 bits per heavy atom. The molecule has 0 amide bonds. The fourth-order valence-corrected chi connectivity index (χ4v) is 2.73. The Morgan fingerprint density at radius 3 is 2.82 bits per heavy atom. The van der Waals surface area contributed by atoms with Crippen LogP contribution in [0.4, 0.5) is 0 Å². The molecule has 0 saturated carbocycles. The topological polar surface area (TPSA) is 89.6 Å². The Bertz CT molecular complexity index is 676. The van der Waals surface area contributed by atoms with Crippen LogP contribution in [0.1, 0.15) is 18.4 Å². The molecule has 118 valence electrons. The Kier molecular flexibility index (Phi) is 4.19. The second kappa shape index (κ2) is 6.12. The molecule has 7 nitrogen and oxygen atoms in total. The lowest BCUT2D eigenvalue weighted by molar-refractivity contribution is 0.191. The predicted molar refractivity (Wildman–Crippen MR) is 79.2 cm³/mol. The molecule has 8 heteroatoms. The van der Waals surface area contributed by atoms with Crippen LogP contribution in [0.3, 0.4) is 0 Å². The van der Waals surface area contributed by atoms with Gasteiger partial charge in [0.25, 0.3) is 0 Å². The first-order valence-electron chi connectivity index (χ1n) is 6.79. The van der Waals surface area contributed by atoms with Crippen molar-refractivity contribution in [2.45, 2.75) is 18.6 Å². The molecule has 1 aliphatic heterocycles. The van der Waals surface area contributed by atoms with E-state index in [-0.39, 0.29) is 6.04 Å². The lowest BCUT2D eigenvalue weighted by Crippen LogP contribution is -2.15. The van der Waals surface area contributed by atoms with Gasteiger partial charge in [-0.3, -0.25) is 0 Å². The van der Waals surface area contributed by atoms with Crippen molar-refractivity contribution in [3.8, 4) is 22.9 Å². The standard InChI is InChI=1S/C14H16ClN3O4/c1-20-11-4-7(3-9(15)12(11)21-2)13-17-14(22-18-13)10-5-8(19)6-16-10/h3-4,8,10,16,19H,5-6H2,1-2H3/t8-,10+/m0/s1. The maximum atomic E-state index is 9.55. The zero-order valence-corrected chi connectivity index (χ0v) is 12.9. The first kappa shape index (κ1) is 15.1. The van der Waals surface area contributed by atoms with Crippen molar-refractivity contribution in [2.75, 3.05) is 20.8 Å². The van der Waals surface area contributed by atoms with E-state index in [9.17, 15) is 5.11 Å². The van der Waals surface area contributed by atoms with E-state index in [2.05, 4.69) is 15.5 Å². The minimum Gasteiger partial charge on any atom is -0.493 e. The van der Waals surface area contributed by atoms with Crippen molar-refractivity contribution in [1.29, 1.82) is 0 Å². The minimum atomic E-state index is -0.393. The van der Waals surface area contributed by atoms with Crippen LogP contribution < -0.4 is 14.8 Å². The Morgan fingerprint density at radius 1 is 1.36 bits per heavy atom. The highest BCUT2D eigenvalue weighted by Gasteiger charge is 2.28. The molecule has 2 N–H and O–H groups in total. The van der Waals surface area contributed by atoms with Gasteiger partial charge in [-0.05, 0) is 18.6 Å². The number of aromatic nitrogens is 2. The van der Waals surface area contributed by atoms with Crippen LogP contribution in [0.15, 0.2) is 16.7 Å². The summed E-state index contributed by atoms with van der Waals surface area (Å²) in [5.41, 5.74) is 0.663. The van der Waals surface area contributed by atoms with E-state index < -0.39 is 6.10 Å². The van der Waals surface area contributed by atoms with Gasteiger partial charge in [0.1, 0.15) is 0 Å². The average Bonchev–Trinajstić information content (AvgIpc) is 3.15. The second-order valence-electron chi connectivity index (χ2n) is 5.00. The third-order valence-electron chi connectivity index (χ3n) is 3.54. The summed E-state index contributed by atoms with van der Waals surface area (Å²) >= 11 is 6.18. The Hall–Kier alpha value is -1.83. The van der Waals surface area contributed by atoms with Crippen LogP contribution in [-0.2, 0) is 0 Å². The van der Waals surface area contributed by atoms with Gasteiger partial charge in [0.15, 0.2) is 11.5 Å². The van der Waals surface area contributed by atoms with Gasteiger partial charge in [-0.1, -0.05) is 16.8 Å². The third-order valence-corrected chi connectivity index (χ3v) is 3.82. The molecule has 0 unspecified atom stereocenters. The summed E-state index contributed by atoms with van der Waals surface area (Å²) in [6.07, 6.45) is 0.157. The summed E-state index contributed by atoms with van der Waals surface area (Å²) in [7, 11) is 3.05. The number of methoxy groups -OCH3 is 2. The van der Waals surface area contributed by atoms with Crippen LogP contribution in [0.5, 0.6) is 11.5 Å². The van der Waals surface area contributed by atoms with Gasteiger partial charge in [-0.25, -0.2) is 0 Å². The lowest BCUT2D eigenvalue weighted by Gasteiger charge is -2.10. The van der Waals surface area contributed by atoms with Gasteiger partial charge in [-0.15, -0.1) is 0 Å². The van der Waals surface area contributed by atoms with E-state index in [1.165, 1.54) is 14.2 Å². The summed E-state index contributed by atoms with van der Waals surface area (Å²) in [4.78, 5) is 4.36. The average molecular weight is 326 g/mol. The van der Waals surface area contributed by atoms with Gasteiger partial charge in [0, 0.05) is 12.1 Å². The van der Waals surface area contributed by atoms with E-state index in [1.807, 2.05) is 0 Å². The molecule has 1 aromatic carbocycles. The molecular formula is C14H16ClN3O4. The number of aliphatic hydroxyl groups excluding tert-OH is 1. The fourth-order valence-electron chi connectivity index (χ4n) is 2.45. The molecule has 1 fully saturated rings. The van der Waals surface area contributed by atoms with Crippen LogP contribution in [-0.4, -0.2) is 42.1 Å². The van der Waals surface area contributed by atoms with Crippen LogP contribution in [0.2, 0.25) is 5.02 Å². The second-order valence-corrected chi connectivity index (χ2v) is 5.41. The molecule has 0 radical (unpaired) electrons. The molecule has 0 bridgehead atoms. The molecule has 3 rings (SSSR count). The number of hydrogen-bond donors (Lipinski definition) is 2. The smallest absolute Gasteiger partial charge is 0.244 e. The maximum absolute atomic E-state index is 9.55. The normalized spacial score (nSPS) is 21.1. The van der Waals surface area contributed by atoms with Gasteiger partial charge in [-0.2, -0.15) is 4.98 Å². The van der Waals surface area contributed by atoms with Crippen LogP contribution in [0, 0.1) is 0 Å². The van der Waals surface area contributed by atoms with E-state index in [0.29, 0.717) is 46.8 Å². The first-order chi connectivity index (χ1) is 10.6. The van der Waals surface area contributed by atoms with E-state index in [4.69, 9.17) is 25.6 Å². The van der Waals surface area contributed by atoms with E-state index in [0.717, 1.165) is 0 Å². The number of nitrogens with one attached hydrogen (secondary N) is 1. The molecule has 0 spiro atoms. The zero-order valence-electron chi connectivity index (χ0n) is 12.2. The number of hydrogen-bond acceptors (Lipinski definition) is 7. The first-order valence-corrected chi connectivity index (χ1v) is 7.17. The van der Waals surface area contributed by atoms with Crippen molar-refractivity contribution in [3.05, 3.63) is 23.0 Å². The van der Waals surface area contributed by atoms with Crippen molar-refractivity contribution in [2.24, 2.45) is 0 Å². The molecule has 1 aromatic heterocycles. The van der Waals surface area contributed by atoms with E-state index in [1.54, 1.807) is 12.1 Å². The monoisotopic (exact) mass is 325 g/mol. The molecule has 22 heavy (non-hydrogen) atoms. The molecule has 1 saturated heterocycles. The van der Waals surface area contributed by atoms with Gasteiger partial charge < -0.3 is 24.4 Å². The van der Waals surface area contributed by atoms with Crippen LogP contribution >= 0.6 is 11.6 Å². The maximum Gasteiger partial charge on any atom is 0.244 e. The number of aliphatic hydroxyl groups is 1. The zero-order chi connectivity index (χ0) is 15.7. The molecule has 1 aliphatic rings. The SMILES string of the molecule is COc1cc(-c2noc([C@H]3C[C@H](O)CN3)n2)cc(Cl)c1OC. The Balaban J connectivity index is 1.91. The highest BCUT2D eigenvalue weighted by atomic mass is 35.5. The third kappa shape index (κ3) is 2.75. The quantitative estimate of drug-likeness (QED) is 0.885. The van der Waals surface area contributed by atoms with Crippen LogP contribution in [0.25, 0.3) is 11.4 Å². The summed E-state index contributed by atoms with van der Waals surface area (Å²) in [5.74, 6) is 1.79. The molecule has 2 heterocycles. The predicted octanol–water partition coefficient (Wildman–Crippen LogP) is 1.80. The number of rotatable bonds is 4. The van der Waals surface area contributed by atoms with Gasteiger partial charge >= 0.3 is 0 Å². The van der Waals surface area contributed by atoms with Crippen molar-refractivity contribution < 1.29 is 19.1 Å². The minimum absolute atomic E-state index is 0.133. The number of β-amino-alcohol motifs (C(OH)–C–C–N with tert-alkyl or cyclic N) is 1. The summed E-state index contributed by atoms with van der Waals surface area (Å²) in [6.45, 7) is 0.518. The van der Waals surface area contributed by atoms with E-state index >= 15 is 0 Å². The Labute approximate surface area is 132 Å². The number of nitrogens with zero attached hydrogens (tertiary/aromatic N) is 2. The molecular weight excluding hydrogens is 310 g/mol. The van der Waals surface area contributed by atoms with Gasteiger partial charge in [0.2, 0.25) is 11.7 Å².